The molecule has 0 atom stereocenters. The number of anilines is 1. The third-order valence-electron chi connectivity index (χ3n) is 5.77. The zero-order valence-corrected chi connectivity index (χ0v) is 19.6. The van der Waals surface area contributed by atoms with E-state index in [1.807, 2.05) is 11.0 Å². The fraction of sp³-hybridized carbons (Fsp3) is 0.364. The maximum absolute atomic E-state index is 12.4. The quantitative estimate of drug-likeness (QED) is 0.460. The van der Waals surface area contributed by atoms with Gasteiger partial charge in [0.25, 0.3) is 0 Å². The van der Waals surface area contributed by atoms with Crippen molar-refractivity contribution in [3.63, 3.8) is 0 Å². The summed E-state index contributed by atoms with van der Waals surface area (Å²) in [6.45, 7) is 1.79. The molecule has 0 radical (unpaired) electrons. The van der Waals surface area contributed by atoms with Crippen LogP contribution in [0, 0.1) is 0 Å². The van der Waals surface area contributed by atoms with Gasteiger partial charge in [0.1, 0.15) is 11.4 Å². The first-order valence-corrected chi connectivity index (χ1v) is 12.7. The summed E-state index contributed by atoms with van der Waals surface area (Å²) in [7, 11) is -0.694. The van der Waals surface area contributed by atoms with Crippen molar-refractivity contribution in [3.8, 4) is 5.69 Å². The van der Waals surface area contributed by atoms with Crippen LogP contribution in [0.4, 0.5) is 10.5 Å². The van der Waals surface area contributed by atoms with Gasteiger partial charge in [-0.3, -0.25) is 28.4 Å². The SMILES string of the molecule is Cn1cc(-n2ccc(=O)c(Cc3cccc(N(CCN4CCS(O)(O)CC4)C(=O)O)c3)n2)cn1. The smallest absolute Gasteiger partial charge is 0.411 e. The van der Waals surface area contributed by atoms with Crippen LogP contribution >= 0.6 is 10.6 Å². The average Bonchev–Trinajstić information content (AvgIpc) is 3.23. The Morgan fingerprint density at radius 2 is 1.97 bits per heavy atom. The lowest BCUT2D eigenvalue weighted by atomic mass is 10.1. The molecule has 0 saturated carbocycles. The second-order valence-electron chi connectivity index (χ2n) is 8.28. The number of hydrogen-bond acceptors (Lipinski definition) is 7. The van der Waals surface area contributed by atoms with E-state index in [2.05, 4.69) is 10.2 Å². The molecule has 12 heteroatoms. The molecule has 182 valence electrons. The Morgan fingerprint density at radius 3 is 2.65 bits per heavy atom. The van der Waals surface area contributed by atoms with E-state index in [0.717, 1.165) is 11.3 Å². The van der Waals surface area contributed by atoms with E-state index in [1.165, 1.54) is 11.0 Å². The van der Waals surface area contributed by atoms with Crippen LogP contribution in [0.15, 0.2) is 53.7 Å². The van der Waals surface area contributed by atoms with Crippen LogP contribution in [0.25, 0.3) is 5.69 Å². The lowest BCUT2D eigenvalue weighted by molar-refractivity contribution is 0.199. The second-order valence-corrected chi connectivity index (χ2v) is 10.7. The highest BCUT2D eigenvalue weighted by atomic mass is 32.3. The van der Waals surface area contributed by atoms with E-state index in [1.54, 1.807) is 53.2 Å². The predicted octanol–water partition coefficient (Wildman–Crippen LogP) is 2.11. The summed E-state index contributed by atoms with van der Waals surface area (Å²) >= 11 is 0. The first-order chi connectivity index (χ1) is 16.2. The zero-order valence-electron chi connectivity index (χ0n) is 18.8. The maximum atomic E-state index is 12.4. The highest BCUT2D eigenvalue weighted by molar-refractivity contribution is 8.24. The summed E-state index contributed by atoms with van der Waals surface area (Å²) < 4.78 is 22.8. The Bertz CT molecular complexity index is 1220. The van der Waals surface area contributed by atoms with Gasteiger partial charge in [0, 0.05) is 57.6 Å². The van der Waals surface area contributed by atoms with Crippen LogP contribution in [0.1, 0.15) is 11.3 Å². The fourth-order valence-electron chi connectivity index (χ4n) is 3.83. The van der Waals surface area contributed by atoms with Gasteiger partial charge in [0.15, 0.2) is 0 Å². The minimum atomic E-state index is -2.49. The van der Waals surface area contributed by atoms with Gasteiger partial charge in [-0.1, -0.05) is 12.1 Å². The molecule has 3 aromatic rings. The Balaban J connectivity index is 1.48. The second kappa shape index (κ2) is 9.97. The van der Waals surface area contributed by atoms with Crippen LogP contribution in [-0.4, -0.2) is 82.5 Å². The number of rotatable bonds is 7. The van der Waals surface area contributed by atoms with E-state index < -0.39 is 16.7 Å². The van der Waals surface area contributed by atoms with Gasteiger partial charge in [-0.2, -0.15) is 20.8 Å². The fourth-order valence-corrected chi connectivity index (χ4v) is 5.14. The molecule has 3 heterocycles. The Kier molecular flexibility index (Phi) is 7.03. The highest BCUT2D eigenvalue weighted by Crippen LogP contribution is 2.40. The molecule has 0 bridgehead atoms. The first-order valence-electron chi connectivity index (χ1n) is 10.8. The average molecular weight is 489 g/mol. The van der Waals surface area contributed by atoms with E-state index in [0.29, 0.717) is 42.5 Å². The number of nitrogens with zero attached hydrogens (tertiary/aromatic N) is 6. The van der Waals surface area contributed by atoms with Crippen LogP contribution in [0.3, 0.4) is 0 Å². The summed E-state index contributed by atoms with van der Waals surface area (Å²) in [6, 6.07) is 8.53. The number of carbonyl (C=O) groups is 1. The molecule has 0 unspecified atom stereocenters. The molecule has 1 aliphatic rings. The minimum absolute atomic E-state index is 0.197. The number of amides is 1. The topological polar surface area (TPSA) is 137 Å². The molecule has 1 aromatic carbocycles. The number of benzene rings is 1. The highest BCUT2D eigenvalue weighted by Gasteiger charge is 2.23. The lowest BCUT2D eigenvalue weighted by Crippen LogP contribution is -2.43. The Hall–Kier alpha value is -3.19. The van der Waals surface area contributed by atoms with Crippen molar-refractivity contribution in [2.45, 2.75) is 6.42 Å². The summed E-state index contributed by atoms with van der Waals surface area (Å²) in [4.78, 5) is 27.7. The van der Waals surface area contributed by atoms with E-state index in [9.17, 15) is 23.8 Å². The number of aromatic nitrogens is 4. The Morgan fingerprint density at radius 1 is 1.21 bits per heavy atom. The molecule has 3 N–H and O–H groups in total. The van der Waals surface area contributed by atoms with Crippen molar-refractivity contribution in [1.29, 1.82) is 0 Å². The molecule has 11 nitrogen and oxygen atoms in total. The van der Waals surface area contributed by atoms with Crippen molar-refractivity contribution in [2.24, 2.45) is 7.05 Å². The van der Waals surface area contributed by atoms with Crippen LogP contribution in [0.2, 0.25) is 0 Å². The van der Waals surface area contributed by atoms with E-state index in [4.69, 9.17) is 0 Å². The summed E-state index contributed by atoms with van der Waals surface area (Å²) in [5.74, 6) is 0.631. The summed E-state index contributed by atoms with van der Waals surface area (Å²) in [6.07, 6.45) is 4.21. The predicted molar refractivity (Wildman–Crippen MR) is 130 cm³/mol. The molecule has 0 aliphatic carbocycles. The molecule has 1 saturated heterocycles. The molecule has 34 heavy (non-hydrogen) atoms. The normalized spacial score (nSPS) is 16.8. The van der Waals surface area contributed by atoms with Gasteiger partial charge in [-0.25, -0.2) is 9.48 Å². The Labute approximate surface area is 198 Å². The number of carboxylic acid groups (broad SMARTS) is 1. The van der Waals surface area contributed by atoms with Crippen molar-refractivity contribution in [2.75, 3.05) is 42.6 Å². The first kappa shape index (κ1) is 24.0. The van der Waals surface area contributed by atoms with Gasteiger partial charge in [-0.05, 0) is 17.7 Å². The maximum Gasteiger partial charge on any atom is 0.411 e. The summed E-state index contributed by atoms with van der Waals surface area (Å²) in [5, 5.41) is 18.4. The molecule has 0 spiro atoms. The minimum Gasteiger partial charge on any atom is -0.465 e. The summed E-state index contributed by atoms with van der Waals surface area (Å²) in [5.41, 5.74) is 2.15. The number of hydrogen-bond donors (Lipinski definition) is 3. The van der Waals surface area contributed by atoms with Gasteiger partial charge >= 0.3 is 6.09 Å². The monoisotopic (exact) mass is 488 g/mol. The van der Waals surface area contributed by atoms with E-state index >= 15 is 0 Å². The largest absolute Gasteiger partial charge is 0.465 e. The van der Waals surface area contributed by atoms with Gasteiger partial charge in [-0.15, -0.1) is 0 Å². The van der Waals surface area contributed by atoms with Crippen LogP contribution in [0.5, 0.6) is 0 Å². The van der Waals surface area contributed by atoms with Crippen molar-refractivity contribution in [3.05, 3.63) is 70.4 Å². The van der Waals surface area contributed by atoms with Crippen LogP contribution in [-0.2, 0) is 13.5 Å². The molecular formula is C22H28N6O5S. The van der Waals surface area contributed by atoms with Crippen LogP contribution < -0.4 is 10.3 Å². The van der Waals surface area contributed by atoms with Gasteiger partial charge in [0.2, 0.25) is 5.43 Å². The molecule has 1 aliphatic heterocycles. The number of aryl methyl sites for hydroxylation is 1. The van der Waals surface area contributed by atoms with E-state index in [-0.39, 0.29) is 18.4 Å². The van der Waals surface area contributed by atoms with Crippen molar-refractivity contribution < 1.29 is 19.0 Å². The molecule has 1 fully saturated rings. The van der Waals surface area contributed by atoms with Crippen molar-refractivity contribution >= 4 is 22.4 Å². The molecule has 2 aromatic heterocycles. The third-order valence-corrected chi connectivity index (χ3v) is 7.44. The van der Waals surface area contributed by atoms with Gasteiger partial charge < -0.3 is 5.11 Å². The lowest BCUT2D eigenvalue weighted by Gasteiger charge is -2.41. The third kappa shape index (κ3) is 5.83. The molecule has 1 amide bonds. The van der Waals surface area contributed by atoms with Gasteiger partial charge in [0.05, 0.1) is 23.9 Å². The zero-order chi connectivity index (χ0) is 24.3. The molecule has 4 rings (SSSR count). The standard InChI is InChI=1S/C22H28N6O5S/c1-25-16-19(15-23-25)28-6-5-21(29)20(24-28)14-17-3-2-4-18(13-17)27(22(30)31)8-7-26-9-11-34(32,33)12-10-26/h2-6,13,15-16,32-33H,7-12,14H2,1H3,(H,30,31). The molecular weight excluding hydrogens is 460 g/mol. The van der Waals surface area contributed by atoms with Crippen molar-refractivity contribution in [1.82, 2.24) is 24.5 Å².